The highest BCUT2D eigenvalue weighted by Crippen LogP contribution is 2.23. The fraction of sp³-hybridized carbons (Fsp3) is 0.200. The van der Waals surface area contributed by atoms with E-state index in [1.165, 1.54) is 0 Å². The van der Waals surface area contributed by atoms with E-state index in [9.17, 15) is 15.0 Å². The van der Waals surface area contributed by atoms with Gasteiger partial charge in [0.2, 0.25) is 5.88 Å². The molecule has 0 saturated carbocycles. The van der Waals surface area contributed by atoms with Crippen LogP contribution in [0.1, 0.15) is 21.8 Å². The number of rotatable bonds is 6. The fourth-order valence-electron chi connectivity index (χ4n) is 3.02. The first-order chi connectivity index (χ1) is 13.5. The fourth-order valence-corrected chi connectivity index (χ4v) is 3.78. The Kier molecular flexibility index (Phi) is 4.89. The van der Waals surface area contributed by atoms with Gasteiger partial charge in [-0.1, -0.05) is 29.5 Å². The van der Waals surface area contributed by atoms with Crippen molar-refractivity contribution in [3.63, 3.8) is 0 Å². The Balaban J connectivity index is 1.45. The van der Waals surface area contributed by atoms with Crippen LogP contribution in [0.15, 0.2) is 47.3 Å². The zero-order valence-corrected chi connectivity index (χ0v) is 16.0. The number of fused-ring (bicyclic) bond motifs is 1. The van der Waals surface area contributed by atoms with Crippen molar-refractivity contribution in [2.45, 2.75) is 19.6 Å². The molecule has 0 spiro atoms. The van der Waals surface area contributed by atoms with Crippen LogP contribution < -0.4 is 9.61 Å². The smallest absolute Gasteiger partial charge is 0.307 e. The van der Waals surface area contributed by atoms with E-state index in [-0.39, 0.29) is 17.4 Å². The first kappa shape index (κ1) is 18.3. The number of H-pyrrole nitrogens is 1. The van der Waals surface area contributed by atoms with Gasteiger partial charge in [-0.25, -0.2) is 4.98 Å². The maximum Gasteiger partial charge on any atom is 0.307 e. The quantitative estimate of drug-likeness (QED) is 0.464. The summed E-state index contributed by atoms with van der Waals surface area (Å²) in [5, 5.41) is 19.0. The summed E-state index contributed by atoms with van der Waals surface area (Å²) >= 11 is 1.01. The van der Waals surface area contributed by atoms with E-state index in [1.54, 1.807) is 0 Å². The van der Waals surface area contributed by atoms with E-state index >= 15 is 0 Å². The number of aromatic amines is 1. The minimum atomic E-state index is -0.263. The van der Waals surface area contributed by atoms with E-state index in [4.69, 9.17) is 4.74 Å². The number of benzene rings is 2. The maximum atomic E-state index is 11.3. The molecule has 8 heteroatoms. The van der Waals surface area contributed by atoms with Crippen LogP contribution in [-0.2, 0) is 26.7 Å². The molecule has 0 unspecified atom stereocenters. The molecule has 0 fully saturated rings. The number of hydrogen-bond acceptors (Lipinski definition) is 6. The van der Waals surface area contributed by atoms with Crippen molar-refractivity contribution < 1.29 is 14.9 Å². The Morgan fingerprint density at radius 3 is 2.61 bits per heavy atom. The van der Waals surface area contributed by atoms with Crippen molar-refractivity contribution in [3.8, 4) is 11.6 Å². The zero-order valence-electron chi connectivity index (χ0n) is 15.2. The van der Waals surface area contributed by atoms with Crippen LogP contribution in [-0.4, -0.2) is 24.7 Å². The Labute approximate surface area is 164 Å². The van der Waals surface area contributed by atoms with Crippen molar-refractivity contribution in [2.24, 2.45) is 7.05 Å². The monoisotopic (exact) mass is 397 g/mol. The lowest BCUT2D eigenvalue weighted by molar-refractivity contribution is 0.282. The van der Waals surface area contributed by atoms with Gasteiger partial charge in [-0.3, -0.25) is 9.78 Å². The number of ether oxygens (including phenoxy) is 1. The molecule has 3 N–H and O–H groups in total. The van der Waals surface area contributed by atoms with Crippen LogP contribution in [0.25, 0.3) is 11.0 Å². The summed E-state index contributed by atoms with van der Waals surface area (Å²) in [6.45, 7) is 0.315. The average molecular weight is 397 g/mol. The molecule has 0 bridgehead atoms. The predicted molar refractivity (Wildman–Crippen MR) is 107 cm³/mol. The number of aliphatic hydroxyl groups excluding tert-OH is 1. The second-order valence-electron chi connectivity index (χ2n) is 6.46. The summed E-state index contributed by atoms with van der Waals surface area (Å²) in [7, 11) is 1.92. The van der Waals surface area contributed by atoms with Crippen LogP contribution in [0.4, 0.5) is 0 Å². The first-order valence-electron chi connectivity index (χ1n) is 8.71. The molecule has 2 heterocycles. The van der Waals surface area contributed by atoms with Crippen LogP contribution >= 0.6 is 11.3 Å². The third kappa shape index (κ3) is 3.64. The number of aryl methyl sites for hydroxylation is 1. The molecule has 0 aliphatic carbocycles. The van der Waals surface area contributed by atoms with Gasteiger partial charge in [0.05, 0.1) is 22.5 Å². The Hall–Kier alpha value is -3.10. The van der Waals surface area contributed by atoms with Gasteiger partial charge in [0.15, 0.2) is 0 Å². The van der Waals surface area contributed by atoms with Gasteiger partial charge < -0.3 is 19.5 Å². The van der Waals surface area contributed by atoms with Gasteiger partial charge in [-0.05, 0) is 35.4 Å². The summed E-state index contributed by atoms with van der Waals surface area (Å²) in [6.07, 6.45) is 0.480. The van der Waals surface area contributed by atoms with Crippen LogP contribution in [0.3, 0.4) is 0 Å². The molecule has 0 amide bonds. The van der Waals surface area contributed by atoms with Gasteiger partial charge in [0.1, 0.15) is 18.2 Å². The van der Waals surface area contributed by atoms with E-state index in [2.05, 4.69) is 9.97 Å². The van der Waals surface area contributed by atoms with Crippen molar-refractivity contribution in [2.75, 3.05) is 0 Å². The Morgan fingerprint density at radius 1 is 1.18 bits per heavy atom. The number of aromatic hydroxyl groups is 1. The van der Waals surface area contributed by atoms with E-state index in [0.29, 0.717) is 23.7 Å². The lowest BCUT2D eigenvalue weighted by Gasteiger charge is -2.07. The highest BCUT2D eigenvalue weighted by Gasteiger charge is 2.10. The second-order valence-corrected chi connectivity index (χ2v) is 7.53. The number of hydrogen-bond donors (Lipinski definition) is 3. The molecule has 0 saturated heterocycles. The molecular formula is C20H19N3O4S. The van der Waals surface area contributed by atoms with Gasteiger partial charge in [-0.2, -0.15) is 0 Å². The molecule has 4 rings (SSSR count). The summed E-state index contributed by atoms with van der Waals surface area (Å²) < 4.78 is 7.81. The molecule has 2 aromatic heterocycles. The van der Waals surface area contributed by atoms with Crippen molar-refractivity contribution in [3.05, 3.63) is 74.0 Å². The SMILES string of the molecule is Cn1c(COc2ccc(Cc3sc(=O)[nH]c3O)cc2)nc2ccc(CO)cc21. The lowest BCUT2D eigenvalue weighted by Crippen LogP contribution is -2.03. The lowest BCUT2D eigenvalue weighted by atomic mass is 10.1. The highest BCUT2D eigenvalue weighted by atomic mass is 32.1. The summed E-state index contributed by atoms with van der Waals surface area (Å²) in [6, 6.07) is 13.2. The molecule has 28 heavy (non-hydrogen) atoms. The number of nitrogens with zero attached hydrogens (tertiary/aromatic N) is 2. The van der Waals surface area contributed by atoms with Crippen molar-refractivity contribution >= 4 is 22.4 Å². The van der Waals surface area contributed by atoms with Gasteiger partial charge in [0.25, 0.3) is 0 Å². The molecule has 2 aromatic carbocycles. The molecule has 144 valence electrons. The minimum absolute atomic E-state index is 0.00326. The Morgan fingerprint density at radius 2 is 1.93 bits per heavy atom. The average Bonchev–Trinajstić information content (AvgIpc) is 3.19. The van der Waals surface area contributed by atoms with E-state index in [0.717, 1.165) is 39.3 Å². The second kappa shape index (κ2) is 7.49. The summed E-state index contributed by atoms with van der Waals surface area (Å²) in [5.41, 5.74) is 3.62. The van der Waals surface area contributed by atoms with Gasteiger partial charge in [0, 0.05) is 13.5 Å². The largest absolute Gasteiger partial charge is 0.494 e. The normalized spacial score (nSPS) is 11.2. The first-order valence-corrected chi connectivity index (χ1v) is 9.53. The molecule has 0 aliphatic rings. The van der Waals surface area contributed by atoms with Crippen LogP contribution in [0.2, 0.25) is 0 Å². The third-order valence-corrected chi connectivity index (χ3v) is 5.45. The third-order valence-electron chi connectivity index (χ3n) is 4.58. The molecule has 4 aromatic rings. The number of imidazole rings is 1. The standard InChI is InChI=1S/C20H19N3O4S/c1-23-16-8-13(10-24)4-7-15(16)21-18(23)11-27-14-5-2-12(3-6-14)9-17-19(25)22-20(26)28-17/h2-8,24-25H,9-11H2,1H3,(H,22,26). The van der Waals surface area contributed by atoms with E-state index in [1.807, 2.05) is 54.1 Å². The molecule has 0 radical (unpaired) electrons. The summed E-state index contributed by atoms with van der Waals surface area (Å²) in [5.74, 6) is 1.43. The van der Waals surface area contributed by atoms with Crippen molar-refractivity contribution in [1.29, 1.82) is 0 Å². The van der Waals surface area contributed by atoms with Gasteiger partial charge in [-0.15, -0.1) is 0 Å². The topological polar surface area (TPSA) is 100 Å². The van der Waals surface area contributed by atoms with Crippen LogP contribution in [0, 0.1) is 0 Å². The van der Waals surface area contributed by atoms with Crippen LogP contribution in [0.5, 0.6) is 11.6 Å². The van der Waals surface area contributed by atoms with E-state index < -0.39 is 0 Å². The predicted octanol–water partition coefficient (Wildman–Crippen LogP) is 2.69. The highest BCUT2D eigenvalue weighted by molar-refractivity contribution is 7.09. The minimum Gasteiger partial charge on any atom is -0.494 e. The molecule has 7 nitrogen and oxygen atoms in total. The number of aromatic nitrogens is 3. The molecule has 0 aliphatic heterocycles. The zero-order chi connectivity index (χ0) is 19.7. The maximum absolute atomic E-state index is 11.3. The van der Waals surface area contributed by atoms with Crippen molar-refractivity contribution in [1.82, 2.24) is 14.5 Å². The number of nitrogens with one attached hydrogen (secondary N) is 1. The Bertz CT molecular complexity index is 1170. The van der Waals surface area contributed by atoms with Gasteiger partial charge >= 0.3 is 4.87 Å². The number of aliphatic hydroxyl groups is 1. The number of thiazole rings is 1. The molecule has 0 atom stereocenters. The molecular weight excluding hydrogens is 378 g/mol. The summed E-state index contributed by atoms with van der Waals surface area (Å²) in [4.78, 5) is 18.6.